The van der Waals surface area contributed by atoms with E-state index in [1.165, 1.54) is 6.26 Å². The van der Waals surface area contributed by atoms with E-state index in [4.69, 9.17) is 8.83 Å². The molecule has 0 fully saturated rings. The molecule has 0 N–H and O–H groups in total. The molecule has 0 saturated carbocycles. The van der Waals surface area contributed by atoms with E-state index in [0.29, 0.717) is 5.76 Å². The molecule has 0 aliphatic rings. The van der Waals surface area contributed by atoms with Crippen molar-refractivity contribution in [2.24, 2.45) is 0 Å². The van der Waals surface area contributed by atoms with E-state index in [2.05, 4.69) is 16.9 Å². The van der Waals surface area contributed by atoms with Crippen molar-refractivity contribution in [2.75, 3.05) is 0 Å². The molecular formula is C10H8N2O3. The standard InChI is InChI=1S/C10H8N2O3/c1-2-3-6-12-10(13)15-9(11-12)8-5-4-7-14-8/h4-5,7H,6H2,1H3. The fourth-order valence-electron chi connectivity index (χ4n) is 1.06. The molecule has 2 aromatic rings. The number of rotatable bonds is 2. The zero-order chi connectivity index (χ0) is 10.7. The number of hydrogen-bond acceptors (Lipinski definition) is 4. The van der Waals surface area contributed by atoms with Crippen LogP contribution < -0.4 is 5.76 Å². The van der Waals surface area contributed by atoms with Crippen molar-refractivity contribution in [1.29, 1.82) is 0 Å². The second-order valence-electron chi connectivity index (χ2n) is 2.73. The Morgan fingerprint density at radius 3 is 3.13 bits per heavy atom. The predicted molar refractivity (Wildman–Crippen MR) is 51.9 cm³/mol. The Labute approximate surface area is 85.3 Å². The fraction of sp³-hybridized carbons (Fsp3) is 0.200. The summed E-state index contributed by atoms with van der Waals surface area (Å²) in [7, 11) is 0. The maximum absolute atomic E-state index is 11.3. The van der Waals surface area contributed by atoms with Gasteiger partial charge in [-0.2, -0.15) is 4.68 Å². The molecule has 2 heterocycles. The monoisotopic (exact) mass is 204 g/mol. The zero-order valence-electron chi connectivity index (χ0n) is 8.06. The van der Waals surface area contributed by atoms with E-state index >= 15 is 0 Å². The van der Waals surface area contributed by atoms with Crippen molar-refractivity contribution in [3.63, 3.8) is 0 Å². The Kier molecular flexibility index (Phi) is 2.42. The molecule has 0 unspecified atom stereocenters. The van der Waals surface area contributed by atoms with Gasteiger partial charge in [0.25, 0.3) is 5.89 Å². The summed E-state index contributed by atoms with van der Waals surface area (Å²) in [6.45, 7) is 1.91. The van der Waals surface area contributed by atoms with Crippen LogP contribution in [-0.2, 0) is 6.54 Å². The molecule has 0 radical (unpaired) electrons. The lowest BCUT2D eigenvalue weighted by molar-refractivity contribution is 0.478. The summed E-state index contributed by atoms with van der Waals surface area (Å²) in [5, 5.41) is 3.93. The van der Waals surface area contributed by atoms with E-state index in [1.54, 1.807) is 19.1 Å². The van der Waals surface area contributed by atoms with Gasteiger partial charge in [-0.25, -0.2) is 4.79 Å². The van der Waals surface area contributed by atoms with Crippen LogP contribution in [0.4, 0.5) is 0 Å². The summed E-state index contributed by atoms with van der Waals surface area (Å²) in [6.07, 6.45) is 1.49. The van der Waals surface area contributed by atoms with Gasteiger partial charge < -0.3 is 8.83 Å². The number of furan rings is 1. The number of nitrogens with zero attached hydrogens (tertiary/aromatic N) is 2. The van der Waals surface area contributed by atoms with Gasteiger partial charge in [0.15, 0.2) is 5.76 Å². The number of aromatic nitrogens is 2. The van der Waals surface area contributed by atoms with E-state index < -0.39 is 5.76 Å². The third-order valence-corrected chi connectivity index (χ3v) is 1.74. The third kappa shape index (κ3) is 1.83. The first-order valence-corrected chi connectivity index (χ1v) is 4.32. The van der Waals surface area contributed by atoms with E-state index in [9.17, 15) is 4.79 Å². The maximum Gasteiger partial charge on any atom is 0.438 e. The Morgan fingerprint density at radius 1 is 1.60 bits per heavy atom. The fourth-order valence-corrected chi connectivity index (χ4v) is 1.06. The van der Waals surface area contributed by atoms with E-state index in [0.717, 1.165) is 4.68 Å². The Morgan fingerprint density at radius 2 is 2.47 bits per heavy atom. The molecule has 0 atom stereocenters. The molecule has 0 bridgehead atoms. The van der Waals surface area contributed by atoms with Crippen molar-refractivity contribution >= 4 is 0 Å². The topological polar surface area (TPSA) is 61.2 Å². The summed E-state index contributed by atoms with van der Waals surface area (Å²) in [5.41, 5.74) is 0. The first-order chi connectivity index (χ1) is 7.31. The highest BCUT2D eigenvalue weighted by Crippen LogP contribution is 2.14. The van der Waals surface area contributed by atoms with Crippen molar-refractivity contribution in [2.45, 2.75) is 13.5 Å². The lowest BCUT2D eigenvalue weighted by atomic mass is 10.5. The summed E-state index contributed by atoms with van der Waals surface area (Å²) in [4.78, 5) is 11.3. The quantitative estimate of drug-likeness (QED) is 0.687. The zero-order valence-corrected chi connectivity index (χ0v) is 8.06. The largest absolute Gasteiger partial charge is 0.459 e. The molecule has 2 aromatic heterocycles. The molecule has 2 rings (SSSR count). The highest BCUT2D eigenvalue weighted by atomic mass is 16.4. The van der Waals surface area contributed by atoms with Crippen LogP contribution in [0.15, 0.2) is 32.0 Å². The van der Waals surface area contributed by atoms with Gasteiger partial charge in [0.05, 0.1) is 6.26 Å². The average Bonchev–Trinajstić information content (AvgIpc) is 2.83. The van der Waals surface area contributed by atoms with E-state index in [1.807, 2.05) is 0 Å². The highest BCUT2D eigenvalue weighted by Gasteiger charge is 2.11. The van der Waals surface area contributed by atoms with Gasteiger partial charge in [-0.3, -0.25) is 0 Å². The van der Waals surface area contributed by atoms with Crippen LogP contribution in [0.1, 0.15) is 6.92 Å². The molecule has 0 aliphatic carbocycles. The maximum atomic E-state index is 11.3. The SMILES string of the molecule is CC#CCn1nc(-c2ccco2)oc1=O. The van der Waals surface area contributed by atoms with Crippen LogP contribution in [0.5, 0.6) is 0 Å². The summed E-state index contributed by atoms with van der Waals surface area (Å²) in [5.74, 6) is 5.45. The van der Waals surface area contributed by atoms with Crippen molar-refractivity contribution in [3.8, 4) is 23.5 Å². The first-order valence-electron chi connectivity index (χ1n) is 4.32. The van der Waals surface area contributed by atoms with Crippen LogP contribution in [0, 0.1) is 11.8 Å². The van der Waals surface area contributed by atoms with Gasteiger partial charge in [0.2, 0.25) is 0 Å². The number of hydrogen-bond donors (Lipinski definition) is 0. The smallest absolute Gasteiger partial charge is 0.438 e. The van der Waals surface area contributed by atoms with Gasteiger partial charge in [0, 0.05) is 0 Å². The second kappa shape index (κ2) is 3.88. The van der Waals surface area contributed by atoms with Crippen LogP contribution in [-0.4, -0.2) is 9.78 Å². The second-order valence-corrected chi connectivity index (χ2v) is 2.73. The third-order valence-electron chi connectivity index (χ3n) is 1.74. The lowest BCUT2D eigenvalue weighted by Crippen LogP contribution is -2.14. The van der Waals surface area contributed by atoms with Crippen LogP contribution in [0.2, 0.25) is 0 Å². The Hall–Kier alpha value is -2.22. The normalized spacial score (nSPS) is 9.67. The molecular weight excluding hydrogens is 196 g/mol. The van der Waals surface area contributed by atoms with Crippen molar-refractivity contribution < 1.29 is 8.83 Å². The lowest BCUT2D eigenvalue weighted by Gasteiger charge is -1.86. The molecule has 0 spiro atoms. The molecule has 0 saturated heterocycles. The first kappa shape index (κ1) is 9.34. The molecule has 5 heteroatoms. The van der Waals surface area contributed by atoms with Gasteiger partial charge in [-0.1, -0.05) is 5.92 Å². The molecule has 0 amide bonds. The van der Waals surface area contributed by atoms with Crippen molar-refractivity contribution in [3.05, 3.63) is 28.9 Å². The summed E-state index contributed by atoms with van der Waals surface area (Å²) in [6, 6.07) is 3.36. The van der Waals surface area contributed by atoms with Gasteiger partial charge in [-0.15, -0.1) is 11.0 Å². The molecule has 15 heavy (non-hydrogen) atoms. The molecule has 0 aromatic carbocycles. The van der Waals surface area contributed by atoms with Crippen LogP contribution in [0.3, 0.4) is 0 Å². The molecule has 5 nitrogen and oxygen atoms in total. The minimum Gasteiger partial charge on any atom is -0.459 e. The Bertz CT molecular complexity index is 551. The van der Waals surface area contributed by atoms with Gasteiger partial charge >= 0.3 is 5.76 Å². The van der Waals surface area contributed by atoms with E-state index in [-0.39, 0.29) is 12.4 Å². The molecule has 76 valence electrons. The van der Waals surface area contributed by atoms with Crippen LogP contribution >= 0.6 is 0 Å². The summed E-state index contributed by atoms with van der Waals surface area (Å²) >= 11 is 0. The average molecular weight is 204 g/mol. The van der Waals surface area contributed by atoms with Gasteiger partial charge in [0.1, 0.15) is 6.54 Å². The summed E-state index contributed by atoms with van der Waals surface area (Å²) < 4.78 is 11.1. The van der Waals surface area contributed by atoms with Crippen molar-refractivity contribution in [1.82, 2.24) is 9.78 Å². The van der Waals surface area contributed by atoms with Crippen LogP contribution in [0.25, 0.3) is 11.7 Å². The minimum absolute atomic E-state index is 0.169. The Balaban J connectivity index is 2.36. The van der Waals surface area contributed by atoms with Gasteiger partial charge in [-0.05, 0) is 19.1 Å². The minimum atomic E-state index is -0.538. The highest BCUT2D eigenvalue weighted by molar-refractivity contribution is 5.42. The predicted octanol–water partition coefficient (Wildman–Crippen LogP) is 1.12. The molecule has 0 aliphatic heterocycles.